The van der Waals surface area contributed by atoms with Crippen molar-refractivity contribution in [2.24, 2.45) is 10.9 Å². The second kappa shape index (κ2) is 7.08. The van der Waals surface area contributed by atoms with Crippen LogP contribution in [0.2, 0.25) is 15.1 Å². The molecule has 1 atom stereocenters. The summed E-state index contributed by atoms with van der Waals surface area (Å²) >= 11 is 17.8. The molecule has 11 heteroatoms. The number of oxime groups is 1. The molecule has 1 aliphatic rings. The van der Waals surface area contributed by atoms with Gasteiger partial charge in [-0.1, -0.05) is 40.0 Å². The van der Waals surface area contributed by atoms with Gasteiger partial charge in [-0.3, -0.25) is 4.79 Å². The molecule has 1 aliphatic heterocycles. The molecule has 0 fully saturated rings. The number of carbonyl (C=O) groups is 1. The number of hydrogen-bond donors (Lipinski definition) is 1. The van der Waals surface area contributed by atoms with Crippen molar-refractivity contribution >= 4 is 51.9 Å². The van der Waals surface area contributed by atoms with Crippen molar-refractivity contribution in [2.75, 3.05) is 0 Å². The van der Waals surface area contributed by atoms with Gasteiger partial charge in [0.1, 0.15) is 5.69 Å². The predicted octanol–water partition coefficient (Wildman–Crippen LogP) is 5.58. The van der Waals surface area contributed by atoms with Gasteiger partial charge in [-0.05, 0) is 36.4 Å². The normalized spacial score (nSPS) is 19.1. The lowest BCUT2D eigenvalue weighted by Crippen LogP contribution is -2.42. The number of nitrogens with two attached hydrogens (primary N) is 1. The van der Waals surface area contributed by atoms with Crippen molar-refractivity contribution in [1.29, 1.82) is 0 Å². The van der Waals surface area contributed by atoms with Crippen LogP contribution in [-0.4, -0.2) is 22.2 Å². The van der Waals surface area contributed by atoms with E-state index in [1.807, 2.05) is 0 Å². The third kappa shape index (κ3) is 3.10. The SMILES string of the molecule is NC(=O)c1ccc(C2=NOC(c3cc(Cl)c(Cl)c(Cl)c3)(C(F)(F)F)C2)c2cccn12. The van der Waals surface area contributed by atoms with Crippen molar-refractivity contribution in [2.45, 2.75) is 18.2 Å². The van der Waals surface area contributed by atoms with Crippen LogP contribution in [0, 0.1) is 0 Å². The molecule has 5 nitrogen and oxygen atoms in total. The maximum absolute atomic E-state index is 14.2. The molecule has 1 unspecified atom stereocenters. The Morgan fingerprint density at radius 1 is 1.17 bits per heavy atom. The Kier molecular flexibility index (Phi) is 4.91. The Bertz CT molecular complexity index is 1200. The molecular formula is C19H11Cl3F3N3O2. The summed E-state index contributed by atoms with van der Waals surface area (Å²) in [5.74, 6) is -0.678. The van der Waals surface area contributed by atoms with Crippen molar-refractivity contribution in [3.63, 3.8) is 0 Å². The van der Waals surface area contributed by atoms with Crippen LogP contribution in [0.4, 0.5) is 13.2 Å². The van der Waals surface area contributed by atoms with Gasteiger partial charge in [0.2, 0.25) is 0 Å². The van der Waals surface area contributed by atoms with E-state index in [1.165, 1.54) is 16.5 Å². The molecule has 3 heterocycles. The summed E-state index contributed by atoms with van der Waals surface area (Å²) in [5, 5.41) is 3.40. The van der Waals surface area contributed by atoms with Gasteiger partial charge in [0.15, 0.2) is 0 Å². The number of fused-ring (bicyclic) bond motifs is 1. The zero-order chi connectivity index (χ0) is 21.8. The minimum Gasteiger partial charge on any atom is -0.374 e. The summed E-state index contributed by atoms with van der Waals surface area (Å²) in [6.45, 7) is 0. The second-order valence-corrected chi connectivity index (χ2v) is 7.84. The van der Waals surface area contributed by atoms with Crippen LogP contribution < -0.4 is 5.73 Å². The first kappa shape index (κ1) is 20.8. The molecule has 1 aromatic carbocycles. The minimum absolute atomic E-state index is 0.0363. The number of hydrogen-bond acceptors (Lipinski definition) is 3. The first-order valence-corrected chi connectivity index (χ1v) is 9.55. The summed E-state index contributed by atoms with van der Waals surface area (Å²) < 4.78 is 44.1. The zero-order valence-electron chi connectivity index (χ0n) is 14.8. The maximum atomic E-state index is 14.2. The van der Waals surface area contributed by atoms with Crippen molar-refractivity contribution < 1.29 is 22.8 Å². The lowest BCUT2D eigenvalue weighted by Gasteiger charge is -2.30. The summed E-state index contributed by atoms with van der Waals surface area (Å²) in [6, 6.07) is 8.28. The Morgan fingerprint density at radius 3 is 2.43 bits per heavy atom. The molecule has 0 saturated carbocycles. The summed E-state index contributed by atoms with van der Waals surface area (Å²) in [5.41, 5.74) is 3.27. The average molecular weight is 477 g/mol. The second-order valence-electron chi connectivity index (χ2n) is 6.64. The standard InChI is InChI=1S/C19H11Cl3F3N3O2/c20-11-6-9(7-12(21)16(11)22)18(19(23,24)25)8-13(27-30-18)10-3-4-15(17(26)29)28-5-1-2-14(10)28/h1-7H,8H2,(H2,26,29). The van der Waals surface area contributed by atoms with E-state index in [-0.39, 0.29) is 32.0 Å². The van der Waals surface area contributed by atoms with E-state index in [0.717, 1.165) is 12.1 Å². The highest BCUT2D eigenvalue weighted by atomic mass is 35.5. The third-order valence-corrected chi connectivity index (χ3v) is 6.09. The van der Waals surface area contributed by atoms with Gasteiger partial charge in [-0.25, -0.2) is 0 Å². The van der Waals surface area contributed by atoms with Crippen molar-refractivity contribution in [3.05, 3.63) is 74.5 Å². The molecule has 0 spiro atoms. The minimum atomic E-state index is -4.84. The summed E-state index contributed by atoms with van der Waals surface area (Å²) in [7, 11) is 0. The highest BCUT2D eigenvalue weighted by molar-refractivity contribution is 6.48. The third-order valence-electron chi connectivity index (χ3n) is 4.89. The highest BCUT2D eigenvalue weighted by Gasteiger charge is 2.62. The van der Waals surface area contributed by atoms with E-state index >= 15 is 0 Å². The Balaban J connectivity index is 1.83. The molecule has 0 bridgehead atoms. The molecule has 3 aromatic rings. The van der Waals surface area contributed by atoms with Crippen LogP contribution in [0.25, 0.3) is 5.52 Å². The fourth-order valence-electron chi connectivity index (χ4n) is 3.42. The van der Waals surface area contributed by atoms with Crippen molar-refractivity contribution in [1.82, 2.24) is 4.40 Å². The van der Waals surface area contributed by atoms with Crippen LogP contribution in [0.1, 0.15) is 28.0 Å². The lowest BCUT2D eigenvalue weighted by atomic mass is 9.86. The smallest absolute Gasteiger partial charge is 0.374 e. The van der Waals surface area contributed by atoms with E-state index in [0.29, 0.717) is 11.1 Å². The van der Waals surface area contributed by atoms with Gasteiger partial charge in [0.25, 0.3) is 11.5 Å². The molecule has 2 aromatic heterocycles. The van der Waals surface area contributed by atoms with Crippen LogP contribution >= 0.6 is 34.8 Å². The van der Waals surface area contributed by atoms with E-state index in [2.05, 4.69) is 5.16 Å². The first-order chi connectivity index (χ1) is 14.0. The topological polar surface area (TPSA) is 69.1 Å². The first-order valence-electron chi connectivity index (χ1n) is 8.42. The van der Waals surface area contributed by atoms with Crippen LogP contribution in [-0.2, 0) is 10.4 Å². The molecule has 30 heavy (non-hydrogen) atoms. The predicted molar refractivity (Wildman–Crippen MR) is 107 cm³/mol. The summed E-state index contributed by atoms with van der Waals surface area (Å²) in [6.07, 6.45) is -3.91. The number of rotatable bonds is 3. The van der Waals surface area contributed by atoms with Gasteiger partial charge >= 0.3 is 6.18 Å². The number of primary amides is 1. The largest absolute Gasteiger partial charge is 0.435 e. The van der Waals surface area contributed by atoms with E-state index in [4.69, 9.17) is 45.4 Å². The number of halogens is 6. The number of alkyl halides is 3. The van der Waals surface area contributed by atoms with Gasteiger partial charge in [0.05, 0.1) is 32.7 Å². The molecule has 0 aliphatic carbocycles. The molecule has 0 radical (unpaired) electrons. The number of aromatic nitrogens is 1. The number of amides is 1. The molecule has 1 amide bonds. The highest BCUT2D eigenvalue weighted by Crippen LogP contribution is 2.50. The Hall–Kier alpha value is -2.42. The van der Waals surface area contributed by atoms with Gasteiger partial charge in [-0.2, -0.15) is 13.2 Å². The fraction of sp³-hybridized carbons (Fsp3) is 0.158. The van der Waals surface area contributed by atoms with E-state index in [1.54, 1.807) is 18.3 Å². The summed E-state index contributed by atoms with van der Waals surface area (Å²) in [4.78, 5) is 16.6. The fourth-order valence-corrected chi connectivity index (χ4v) is 4.02. The van der Waals surface area contributed by atoms with Crippen molar-refractivity contribution in [3.8, 4) is 0 Å². The van der Waals surface area contributed by atoms with Crippen LogP contribution in [0.5, 0.6) is 0 Å². The molecule has 156 valence electrons. The van der Waals surface area contributed by atoms with Gasteiger partial charge in [-0.15, -0.1) is 0 Å². The van der Waals surface area contributed by atoms with Crippen LogP contribution in [0.15, 0.2) is 47.8 Å². The maximum Gasteiger partial charge on any atom is 0.435 e. The van der Waals surface area contributed by atoms with Gasteiger partial charge < -0.3 is 15.0 Å². The molecule has 2 N–H and O–H groups in total. The van der Waals surface area contributed by atoms with Crippen LogP contribution in [0.3, 0.4) is 0 Å². The average Bonchev–Trinajstić information content (AvgIpc) is 3.32. The number of carbonyl (C=O) groups excluding carboxylic acids is 1. The van der Waals surface area contributed by atoms with E-state index < -0.39 is 24.1 Å². The Labute approximate surface area is 182 Å². The number of benzene rings is 1. The molecular weight excluding hydrogens is 466 g/mol. The molecule has 4 rings (SSSR count). The monoisotopic (exact) mass is 475 g/mol. The quantitative estimate of drug-likeness (QED) is 0.501. The zero-order valence-corrected chi connectivity index (χ0v) is 17.1. The number of nitrogens with zero attached hydrogens (tertiary/aromatic N) is 2. The lowest BCUT2D eigenvalue weighted by molar-refractivity contribution is -0.275. The molecule has 0 saturated heterocycles. The number of pyridine rings is 1. The van der Waals surface area contributed by atoms with E-state index in [9.17, 15) is 18.0 Å². The Morgan fingerprint density at radius 2 is 1.83 bits per heavy atom. The van der Waals surface area contributed by atoms with Gasteiger partial charge in [0, 0.05) is 17.3 Å².